The lowest BCUT2D eigenvalue weighted by atomic mass is 10.0. The average Bonchev–Trinajstić information content (AvgIpc) is 3.47. The Bertz CT molecular complexity index is 1470. The monoisotopic (exact) mass is 444 g/mol. The minimum atomic E-state index is -0.357. The molecule has 0 unspecified atom stereocenters. The van der Waals surface area contributed by atoms with Crippen molar-refractivity contribution in [3.63, 3.8) is 0 Å². The van der Waals surface area contributed by atoms with Gasteiger partial charge in [0, 0.05) is 51.9 Å². The molecule has 0 aliphatic carbocycles. The zero-order valence-corrected chi connectivity index (χ0v) is 17.7. The van der Waals surface area contributed by atoms with Crippen LogP contribution in [0.15, 0.2) is 61.2 Å². The van der Waals surface area contributed by atoms with Crippen molar-refractivity contribution in [2.75, 3.05) is 6.54 Å². The highest BCUT2D eigenvalue weighted by Crippen LogP contribution is 2.34. The van der Waals surface area contributed by atoms with Crippen molar-refractivity contribution in [3.05, 3.63) is 77.7 Å². The van der Waals surface area contributed by atoms with Gasteiger partial charge in [0.2, 0.25) is 0 Å². The summed E-state index contributed by atoms with van der Waals surface area (Å²) < 4.78 is 16.5. The molecule has 32 heavy (non-hydrogen) atoms. The summed E-state index contributed by atoms with van der Waals surface area (Å²) in [4.78, 5) is 12.2. The van der Waals surface area contributed by atoms with Crippen LogP contribution >= 0.6 is 11.6 Å². The first-order valence-corrected chi connectivity index (χ1v) is 10.7. The van der Waals surface area contributed by atoms with E-state index in [2.05, 4.69) is 31.4 Å². The highest BCUT2D eigenvalue weighted by atomic mass is 35.5. The summed E-state index contributed by atoms with van der Waals surface area (Å²) in [6.07, 6.45) is 5.36. The topological polar surface area (TPSA) is 71.4 Å². The molecule has 6 nitrogen and oxygen atoms in total. The van der Waals surface area contributed by atoms with Crippen LogP contribution in [-0.4, -0.2) is 31.3 Å². The molecule has 0 spiro atoms. The van der Waals surface area contributed by atoms with Crippen LogP contribution in [0.5, 0.6) is 0 Å². The van der Waals surface area contributed by atoms with Crippen molar-refractivity contribution < 1.29 is 4.39 Å². The molecule has 8 heteroatoms. The van der Waals surface area contributed by atoms with Gasteiger partial charge in [0.15, 0.2) is 0 Å². The minimum Gasteiger partial charge on any atom is -0.344 e. The van der Waals surface area contributed by atoms with E-state index in [1.165, 1.54) is 17.8 Å². The molecule has 1 aliphatic rings. The highest BCUT2D eigenvalue weighted by molar-refractivity contribution is 6.30. The number of pyridine rings is 1. The Morgan fingerprint density at radius 1 is 0.969 bits per heavy atom. The first kappa shape index (κ1) is 19.2. The van der Waals surface area contributed by atoms with Gasteiger partial charge in [-0.2, -0.15) is 5.10 Å². The van der Waals surface area contributed by atoms with Crippen molar-refractivity contribution >= 4 is 22.5 Å². The standard InChI is InChI=1S/C24H18ClFN6/c25-17-2-3-20(26)18(9-17)24-23(29-13-30-24)14-1-4-21-15(7-14)8-16(10-28-21)19-11-31-32-6-5-27-12-22(19)32/h1-4,7-11,13,27H,5-6,12H2,(H,29,30). The number of nitrogens with zero attached hydrogens (tertiary/aromatic N) is 4. The number of H-pyrrole nitrogens is 1. The molecule has 0 bridgehead atoms. The number of benzene rings is 2. The molecule has 2 N–H and O–H groups in total. The maximum atomic E-state index is 14.5. The SMILES string of the molecule is Fc1ccc(Cl)cc1-c1[nH]cnc1-c1ccc2ncc(-c3cnn4c3CNCC4)cc2c1. The summed E-state index contributed by atoms with van der Waals surface area (Å²) in [6, 6.07) is 12.5. The van der Waals surface area contributed by atoms with Crippen molar-refractivity contribution in [2.24, 2.45) is 0 Å². The summed E-state index contributed by atoms with van der Waals surface area (Å²) in [7, 11) is 0. The van der Waals surface area contributed by atoms with Crippen LogP contribution in [0.3, 0.4) is 0 Å². The molecule has 5 aromatic rings. The van der Waals surface area contributed by atoms with E-state index >= 15 is 0 Å². The Hall–Kier alpha value is -3.55. The third kappa shape index (κ3) is 3.18. The maximum Gasteiger partial charge on any atom is 0.132 e. The maximum absolute atomic E-state index is 14.5. The van der Waals surface area contributed by atoms with E-state index in [0.717, 1.165) is 47.2 Å². The van der Waals surface area contributed by atoms with Gasteiger partial charge in [-0.1, -0.05) is 17.7 Å². The van der Waals surface area contributed by atoms with Gasteiger partial charge in [-0.25, -0.2) is 9.37 Å². The molecule has 0 saturated heterocycles. The van der Waals surface area contributed by atoms with Crippen molar-refractivity contribution in [1.29, 1.82) is 0 Å². The van der Waals surface area contributed by atoms with Gasteiger partial charge in [0.05, 0.1) is 41.7 Å². The minimum absolute atomic E-state index is 0.357. The predicted molar refractivity (Wildman–Crippen MR) is 123 cm³/mol. The van der Waals surface area contributed by atoms with E-state index in [-0.39, 0.29) is 5.82 Å². The van der Waals surface area contributed by atoms with Crippen LogP contribution in [0.4, 0.5) is 4.39 Å². The highest BCUT2D eigenvalue weighted by Gasteiger charge is 2.18. The molecular weight excluding hydrogens is 427 g/mol. The van der Waals surface area contributed by atoms with Crippen molar-refractivity contribution in [3.8, 4) is 33.6 Å². The van der Waals surface area contributed by atoms with E-state index in [1.807, 2.05) is 35.3 Å². The summed E-state index contributed by atoms with van der Waals surface area (Å²) in [5, 5.41) is 9.36. The number of fused-ring (bicyclic) bond motifs is 2. The van der Waals surface area contributed by atoms with Crippen LogP contribution in [0.1, 0.15) is 5.69 Å². The van der Waals surface area contributed by atoms with Gasteiger partial charge in [-0.05, 0) is 36.4 Å². The fourth-order valence-corrected chi connectivity index (χ4v) is 4.43. The van der Waals surface area contributed by atoms with Gasteiger partial charge < -0.3 is 10.3 Å². The fourth-order valence-electron chi connectivity index (χ4n) is 4.26. The number of imidazole rings is 1. The fraction of sp³-hybridized carbons (Fsp3) is 0.125. The number of rotatable bonds is 3. The van der Waals surface area contributed by atoms with E-state index in [4.69, 9.17) is 11.6 Å². The molecule has 0 amide bonds. The van der Waals surface area contributed by atoms with E-state index in [0.29, 0.717) is 22.0 Å². The molecular formula is C24H18ClFN6. The lowest BCUT2D eigenvalue weighted by Crippen LogP contribution is -2.28. The van der Waals surface area contributed by atoms with E-state index in [1.54, 1.807) is 12.4 Å². The van der Waals surface area contributed by atoms with Crippen LogP contribution in [0.25, 0.3) is 44.5 Å². The average molecular weight is 445 g/mol. The second-order valence-corrected chi connectivity index (χ2v) is 8.22. The quantitative estimate of drug-likeness (QED) is 0.408. The van der Waals surface area contributed by atoms with Gasteiger partial charge >= 0.3 is 0 Å². The first-order valence-electron chi connectivity index (χ1n) is 10.3. The molecule has 0 radical (unpaired) electrons. The smallest absolute Gasteiger partial charge is 0.132 e. The number of aromatic amines is 1. The Balaban J connectivity index is 1.45. The zero-order valence-electron chi connectivity index (χ0n) is 16.9. The second-order valence-electron chi connectivity index (χ2n) is 7.79. The predicted octanol–water partition coefficient (Wildman–Crippen LogP) is 5.05. The third-order valence-corrected chi connectivity index (χ3v) is 6.08. The summed E-state index contributed by atoms with van der Waals surface area (Å²) in [5.74, 6) is -0.357. The summed E-state index contributed by atoms with van der Waals surface area (Å²) in [6.45, 7) is 2.57. The first-order chi connectivity index (χ1) is 15.7. The Morgan fingerprint density at radius 3 is 2.81 bits per heavy atom. The molecule has 6 rings (SSSR count). The van der Waals surface area contributed by atoms with Crippen LogP contribution in [0.2, 0.25) is 5.02 Å². The molecule has 0 atom stereocenters. The molecule has 2 aromatic carbocycles. The van der Waals surface area contributed by atoms with E-state index in [9.17, 15) is 4.39 Å². The van der Waals surface area contributed by atoms with Crippen molar-refractivity contribution in [2.45, 2.75) is 13.1 Å². The largest absolute Gasteiger partial charge is 0.344 e. The van der Waals surface area contributed by atoms with Gasteiger partial charge in [0.25, 0.3) is 0 Å². The van der Waals surface area contributed by atoms with Gasteiger partial charge in [0.1, 0.15) is 5.82 Å². The van der Waals surface area contributed by atoms with E-state index < -0.39 is 0 Å². The Labute approximate surface area is 188 Å². The molecule has 4 heterocycles. The normalized spacial score (nSPS) is 13.4. The van der Waals surface area contributed by atoms with Crippen LogP contribution in [0, 0.1) is 5.82 Å². The third-order valence-electron chi connectivity index (χ3n) is 5.84. The Kier molecular flexibility index (Phi) is 4.52. The molecule has 1 aliphatic heterocycles. The molecule has 0 saturated carbocycles. The summed E-state index contributed by atoms with van der Waals surface area (Å²) in [5.41, 5.74) is 6.64. The van der Waals surface area contributed by atoms with Gasteiger partial charge in [-0.3, -0.25) is 9.67 Å². The number of halogens is 2. The van der Waals surface area contributed by atoms with Gasteiger partial charge in [-0.15, -0.1) is 0 Å². The number of aromatic nitrogens is 5. The summed E-state index contributed by atoms with van der Waals surface area (Å²) >= 11 is 6.11. The zero-order chi connectivity index (χ0) is 21.7. The number of hydrogen-bond donors (Lipinski definition) is 2. The molecule has 0 fully saturated rings. The number of nitrogens with one attached hydrogen (secondary N) is 2. The molecule has 158 valence electrons. The number of hydrogen-bond acceptors (Lipinski definition) is 4. The Morgan fingerprint density at radius 2 is 1.88 bits per heavy atom. The van der Waals surface area contributed by atoms with Crippen LogP contribution < -0.4 is 5.32 Å². The lowest BCUT2D eigenvalue weighted by molar-refractivity contribution is 0.476. The molecule has 3 aromatic heterocycles. The lowest BCUT2D eigenvalue weighted by Gasteiger charge is -2.16. The van der Waals surface area contributed by atoms with Crippen LogP contribution in [-0.2, 0) is 13.1 Å². The second kappa shape index (κ2) is 7.55. The van der Waals surface area contributed by atoms with Crippen molar-refractivity contribution in [1.82, 2.24) is 30.0 Å².